The molecule has 2 nitrogen and oxygen atoms in total. The fourth-order valence-corrected chi connectivity index (χ4v) is 3.65. The van der Waals surface area contributed by atoms with Crippen LogP contribution in [0.3, 0.4) is 0 Å². The van der Waals surface area contributed by atoms with Gasteiger partial charge in [-0.3, -0.25) is 5.01 Å². The minimum Gasteiger partial charge on any atom is -0.257 e. The molecule has 26 heavy (non-hydrogen) atoms. The third kappa shape index (κ3) is 3.45. The molecule has 0 saturated heterocycles. The van der Waals surface area contributed by atoms with E-state index in [1.54, 1.807) is 0 Å². The summed E-state index contributed by atoms with van der Waals surface area (Å²) in [6.07, 6.45) is 1.96. The van der Waals surface area contributed by atoms with Crippen molar-refractivity contribution in [3.05, 3.63) is 100 Å². The van der Waals surface area contributed by atoms with Crippen molar-refractivity contribution < 1.29 is 0 Å². The maximum Gasteiger partial charge on any atom is 0.0831 e. The molecule has 0 saturated carbocycles. The largest absolute Gasteiger partial charge is 0.257 e. The van der Waals surface area contributed by atoms with Crippen molar-refractivity contribution >= 4 is 27.3 Å². The number of para-hydroxylation sites is 1. The average Bonchev–Trinajstić information content (AvgIpc) is 3.15. The van der Waals surface area contributed by atoms with Crippen LogP contribution in [0.5, 0.6) is 0 Å². The molecule has 0 spiro atoms. The van der Waals surface area contributed by atoms with Gasteiger partial charge in [0.1, 0.15) is 0 Å². The van der Waals surface area contributed by atoms with Crippen LogP contribution < -0.4 is 5.01 Å². The average molecular weight is 405 g/mol. The van der Waals surface area contributed by atoms with E-state index in [1.165, 1.54) is 16.7 Å². The summed E-state index contributed by atoms with van der Waals surface area (Å²) in [6, 6.07) is 28.0. The monoisotopic (exact) mass is 404 g/mol. The first-order chi connectivity index (χ1) is 12.7. The Hall–Kier alpha value is -2.39. The van der Waals surface area contributed by atoms with Gasteiger partial charge in [-0.1, -0.05) is 77.5 Å². The molecule has 130 valence electrons. The van der Waals surface area contributed by atoms with E-state index in [1.807, 2.05) is 6.07 Å². The van der Waals surface area contributed by atoms with Gasteiger partial charge in [0.15, 0.2) is 0 Å². The van der Waals surface area contributed by atoms with Crippen molar-refractivity contribution in [3.63, 3.8) is 0 Å². The third-order valence-electron chi connectivity index (χ3n) is 4.88. The Morgan fingerprint density at radius 3 is 2.27 bits per heavy atom. The summed E-state index contributed by atoms with van der Waals surface area (Å²) in [6.45, 7) is 2.18. The van der Waals surface area contributed by atoms with Crippen LogP contribution in [0.25, 0.3) is 0 Å². The number of aryl methyl sites for hydroxylation is 1. The summed E-state index contributed by atoms with van der Waals surface area (Å²) in [7, 11) is 0. The molecular formula is C23H21BrN2. The van der Waals surface area contributed by atoms with E-state index in [-0.39, 0.29) is 6.04 Å². The summed E-state index contributed by atoms with van der Waals surface area (Å²) in [5.74, 6) is 0. The third-order valence-corrected chi connectivity index (χ3v) is 5.41. The Bertz CT molecular complexity index is 899. The predicted octanol–water partition coefficient (Wildman–Crippen LogP) is 6.37. The van der Waals surface area contributed by atoms with Crippen molar-refractivity contribution in [2.45, 2.75) is 25.8 Å². The Morgan fingerprint density at radius 1 is 0.923 bits per heavy atom. The van der Waals surface area contributed by atoms with Gasteiger partial charge in [-0.15, -0.1) is 0 Å². The number of hydrogen-bond donors (Lipinski definition) is 0. The normalized spacial score (nSPS) is 16.6. The van der Waals surface area contributed by atoms with Gasteiger partial charge in [0, 0.05) is 10.9 Å². The highest BCUT2D eigenvalue weighted by Crippen LogP contribution is 2.36. The molecular weight excluding hydrogens is 384 g/mol. The fourth-order valence-electron chi connectivity index (χ4n) is 3.38. The highest BCUT2D eigenvalue weighted by atomic mass is 79.9. The van der Waals surface area contributed by atoms with Crippen LogP contribution in [-0.2, 0) is 6.42 Å². The highest BCUT2D eigenvalue weighted by molar-refractivity contribution is 9.10. The van der Waals surface area contributed by atoms with Crippen LogP contribution in [0.1, 0.15) is 36.1 Å². The van der Waals surface area contributed by atoms with Gasteiger partial charge in [0.05, 0.1) is 17.4 Å². The van der Waals surface area contributed by atoms with Crippen LogP contribution in [0.4, 0.5) is 5.69 Å². The maximum absolute atomic E-state index is 5.00. The Kier molecular flexibility index (Phi) is 4.89. The lowest BCUT2D eigenvalue weighted by Crippen LogP contribution is -2.18. The zero-order valence-corrected chi connectivity index (χ0v) is 16.4. The van der Waals surface area contributed by atoms with Crippen LogP contribution in [-0.4, -0.2) is 5.71 Å². The van der Waals surface area contributed by atoms with Crippen LogP contribution in [0, 0.1) is 0 Å². The van der Waals surface area contributed by atoms with Crippen molar-refractivity contribution in [2.24, 2.45) is 5.10 Å². The van der Waals surface area contributed by atoms with Crippen molar-refractivity contribution in [3.8, 4) is 0 Å². The summed E-state index contributed by atoms with van der Waals surface area (Å²) >= 11 is 3.53. The minimum absolute atomic E-state index is 0.214. The van der Waals surface area contributed by atoms with Crippen molar-refractivity contribution in [1.82, 2.24) is 0 Å². The number of hydrazone groups is 1. The van der Waals surface area contributed by atoms with Gasteiger partial charge < -0.3 is 0 Å². The van der Waals surface area contributed by atoms with Crippen molar-refractivity contribution in [1.29, 1.82) is 0 Å². The predicted molar refractivity (Wildman–Crippen MR) is 113 cm³/mol. The molecule has 3 heteroatoms. The molecule has 0 N–H and O–H groups in total. The van der Waals surface area contributed by atoms with Crippen LogP contribution >= 0.6 is 15.9 Å². The first kappa shape index (κ1) is 17.0. The molecule has 4 rings (SSSR count). The molecule has 1 unspecified atom stereocenters. The molecule has 1 atom stereocenters. The molecule has 0 amide bonds. The number of halogens is 1. The SMILES string of the molecule is CCc1ccc(C2=NN(c3ccccc3)C(c3ccc(Br)cc3)C2)cc1. The molecule has 3 aromatic rings. The molecule has 0 radical (unpaired) electrons. The topological polar surface area (TPSA) is 15.6 Å². The molecule has 1 heterocycles. The molecule has 3 aromatic carbocycles. The lowest BCUT2D eigenvalue weighted by Gasteiger charge is -2.24. The fraction of sp³-hybridized carbons (Fsp3) is 0.174. The molecule has 1 aliphatic heterocycles. The summed E-state index contributed by atoms with van der Waals surface area (Å²) < 4.78 is 1.10. The summed E-state index contributed by atoms with van der Waals surface area (Å²) in [4.78, 5) is 0. The maximum atomic E-state index is 5.00. The van der Waals surface area contributed by atoms with Crippen molar-refractivity contribution in [2.75, 3.05) is 5.01 Å². The van der Waals surface area contributed by atoms with E-state index in [0.29, 0.717) is 0 Å². The van der Waals surface area contributed by atoms with Gasteiger partial charge in [0.2, 0.25) is 0 Å². The van der Waals surface area contributed by atoms with E-state index in [0.717, 1.165) is 28.7 Å². The first-order valence-electron chi connectivity index (χ1n) is 9.01. The van der Waals surface area contributed by atoms with Crippen LogP contribution in [0.2, 0.25) is 0 Å². The van der Waals surface area contributed by atoms with Gasteiger partial charge >= 0.3 is 0 Å². The number of benzene rings is 3. The molecule has 0 aliphatic carbocycles. The number of anilines is 1. The van der Waals surface area contributed by atoms with E-state index >= 15 is 0 Å². The second kappa shape index (κ2) is 7.46. The van der Waals surface area contributed by atoms with Gasteiger partial charge in [-0.05, 0) is 47.4 Å². The van der Waals surface area contributed by atoms with Gasteiger partial charge in [-0.25, -0.2) is 0 Å². The highest BCUT2D eigenvalue weighted by Gasteiger charge is 2.29. The lowest BCUT2D eigenvalue weighted by molar-refractivity contribution is 0.709. The number of nitrogens with zero attached hydrogens (tertiary/aromatic N) is 2. The minimum atomic E-state index is 0.214. The van der Waals surface area contributed by atoms with E-state index in [9.17, 15) is 0 Å². The number of hydrogen-bond acceptors (Lipinski definition) is 2. The smallest absolute Gasteiger partial charge is 0.0831 e. The first-order valence-corrected chi connectivity index (χ1v) is 9.80. The molecule has 0 fully saturated rings. The van der Waals surface area contributed by atoms with Gasteiger partial charge in [0.25, 0.3) is 0 Å². The lowest BCUT2D eigenvalue weighted by atomic mass is 9.97. The molecule has 0 aromatic heterocycles. The van der Waals surface area contributed by atoms with E-state index in [4.69, 9.17) is 5.10 Å². The molecule has 0 bridgehead atoms. The second-order valence-corrected chi connectivity index (χ2v) is 7.46. The zero-order chi connectivity index (χ0) is 17.9. The standard InChI is InChI=1S/C23H21BrN2/c1-2-17-8-10-18(11-9-17)22-16-23(19-12-14-20(24)15-13-19)26(25-22)21-6-4-3-5-7-21/h3-15,23H,2,16H2,1H3. The van der Waals surface area contributed by atoms with E-state index in [2.05, 4.69) is 101 Å². The number of rotatable bonds is 4. The second-order valence-electron chi connectivity index (χ2n) is 6.55. The summed E-state index contributed by atoms with van der Waals surface area (Å²) in [5, 5.41) is 7.16. The van der Waals surface area contributed by atoms with Crippen LogP contribution in [0.15, 0.2) is 88.4 Å². The summed E-state index contributed by atoms with van der Waals surface area (Å²) in [5.41, 5.74) is 6.12. The van der Waals surface area contributed by atoms with Gasteiger partial charge in [-0.2, -0.15) is 5.10 Å². The quantitative estimate of drug-likeness (QED) is 0.493. The Labute approximate surface area is 163 Å². The Balaban J connectivity index is 1.71. The Morgan fingerprint density at radius 2 is 1.62 bits per heavy atom. The zero-order valence-electron chi connectivity index (χ0n) is 14.8. The molecule has 1 aliphatic rings. The van der Waals surface area contributed by atoms with E-state index < -0.39 is 0 Å².